The Morgan fingerprint density at radius 3 is 2.86 bits per heavy atom. The Morgan fingerprint density at radius 1 is 1.38 bits per heavy atom. The van der Waals surface area contributed by atoms with E-state index < -0.39 is 0 Å². The average Bonchev–Trinajstić information content (AvgIpc) is 2.94. The van der Waals surface area contributed by atoms with Crippen LogP contribution in [0, 0.1) is 0 Å². The van der Waals surface area contributed by atoms with Crippen LogP contribution in [-0.4, -0.2) is 52.8 Å². The molecule has 7 nitrogen and oxygen atoms in total. The van der Waals surface area contributed by atoms with Crippen molar-refractivity contribution in [2.75, 3.05) is 37.0 Å². The number of hydrogen-bond acceptors (Lipinski definition) is 6. The molecule has 1 unspecified atom stereocenters. The highest BCUT2D eigenvalue weighted by Crippen LogP contribution is 2.24. The lowest BCUT2D eigenvalue weighted by Gasteiger charge is -2.29. The number of fused-ring (bicyclic) bond motifs is 1. The van der Waals surface area contributed by atoms with Crippen LogP contribution in [0.1, 0.15) is 27.2 Å². The molecule has 0 aliphatic heterocycles. The van der Waals surface area contributed by atoms with Crippen molar-refractivity contribution in [1.29, 1.82) is 0 Å². The van der Waals surface area contributed by atoms with E-state index in [4.69, 9.17) is 4.74 Å². The molecule has 0 saturated heterocycles. The first-order valence-corrected chi connectivity index (χ1v) is 7.41. The van der Waals surface area contributed by atoms with Gasteiger partial charge in [0, 0.05) is 20.2 Å². The first-order chi connectivity index (χ1) is 10.2. The zero-order valence-electron chi connectivity index (χ0n) is 13.2. The van der Waals surface area contributed by atoms with Gasteiger partial charge in [0.05, 0.1) is 19.0 Å². The Kier molecular flexibility index (Phi) is 5.32. The molecule has 0 aromatic carbocycles. The second-order valence-electron chi connectivity index (χ2n) is 4.99. The lowest BCUT2D eigenvalue weighted by Crippen LogP contribution is -2.37. The van der Waals surface area contributed by atoms with Gasteiger partial charge in [-0.15, -0.1) is 0 Å². The summed E-state index contributed by atoms with van der Waals surface area (Å²) in [6.45, 7) is 8.66. The molecule has 7 heteroatoms. The van der Waals surface area contributed by atoms with E-state index in [9.17, 15) is 0 Å². The summed E-state index contributed by atoms with van der Waals surface area (Å²) in [7, 11) is 1.71. The van der Waals surface area contributed by atoms with Crippen molar-refractivity contribution >= 4 is 22.9 Å². The number of likely N-dealkylation sites (N-methyl/N-ethyl adjacent to an activating group) is 1. The molecule has 0 amide bonds. The van der Waals surface area contributed by atoms with E-state index in [0.717, 1.165) is 30.8 Å². The number of nitrogens with zero attached hydrogens (tertiary/aromatic N) is 4. The SMILES string of the molecule is CCCNc1nc(N(CC)C(C)COC)c2[nH]cnc2n1. The van der Waals surface area contributed by atoms with Crippen molar-refractivity contribution < 1.29 is 4.74 Å². The summed E-state index contributed by atoms with van der Waals surface area (Å²) in [5.41, 5.74) is 1.54. The molecular formula is C14H24N6O. The van der Waals surface area contributed by atoms with E-state index in [2.05, 4.69) is 50.9 Å². The highest BCUT2D eigenvalue weighted by Gasteiger charge is 2.19. The highest BCUT2D eigenvalue weighted by atomic mass is 16.5. The van der Waals surface area contributed by atoms with Gasteiger partial charge in [0.2, 0.25) is 5.95 Å². The Balaban J connectivity index is 2.41. The minimum atomic E-state index is 0.223. The van der Waals surface area contributed by atoms with Crippen molar-refractivity contribution in [2.45, 2.75) is 33.2 Å². The topological polar surface area (TPSA) is 79.0 Å². The van der Waals surface area contributed by atoms with Gasteiger partial charge in [-0.05, 0) is 20.3 Å². The second-order valence-corrected chi connectivity index (χ2v) is 4.99. The summed E-state index contributed by atoms with van der Waals surface area (Å²) in [6, 6.07) is 0.223. The smallest absolute Gasteiger partial charge is 0.226 e. The molecule has 0 spiro atoms. The Hall–Kier alpha value is -1.89. The maximum absolute atomic E-state index is 5.27. The van der Waals surface area contributed by atoms with E-state index in [1.54, 1.807) is 13.4 Å². The summed E-state index contributed by atoms with van der Waals surface area (Å²) in [4.78, 5) is 18.7. The third-order valence-electron chi connectivity index (χ3n) is 3.35. The number of aromatic nitrogens is 4. The Labute approximate surface area is 125 Å². The number of anilines is 2. The Bertz CT molecular complexity index is 570. The molecular weight excluding hydrogens is 268 g/mol. The molecule has 0 aliphatic rings. The van der Waals surface area contributed by atoms with Crippen LogP contribution in [-0.2, 0) is 4.74 Å². The van der Waals surface area contributed by atoms with E-state index >= 15 is 0 Å². The second kappa shape index (κ2) is 7.21. The Morgan fingerprint density at radius 2 is 2.19 bits per heavy atom. The van der Waals surface area contributed by atoms with Gasteiger partial charge in [0.1, 0.15) is 5.52 Å². The third kappa shape index (κ3) is 3.41. The lowest BCUT2D eigenvalue weighted by molar-refractivity contribution is 0.182. The molecule has 116 valence electrons. The number of methoxy groups -OCH3 is 1. The van der Waals surface area contributed by atoms with Crippen LogP contribution in [0.25, 0.3) is 11.2 Å². The van der Waals surface area contributed by atoms with Gasteiger partial charge < -0.3 is 19.9 Å². The van der Waals surface area contributed by atoms with Crippen LogP contribution in [0.4, 0.5) is 11.8 Å². The van der Waals surface area contributed by atoms with E-state index in [0.29, 0.717) is 18.2 Å². The zero-order valence-corrected chi connectivity index (χ0v) is 13.2. The molecule has 2 N–H and O–H groups in total. The molecule has 2 heterocycles. The number of aromatic amines is 1. The van der Waals surface area contributed by atoms with Crippen LogP contribution >= 0.6 is 0 Å². The molecule has 0 aliphatic carbocycles. The van der Waals surface area contributed by atoms with Gasteiger partial charge in [-0.25, -0.2) is 4.98 Å². The number of ether oxygens (including phenoxy) is 1. The van der Waals surface area contributed by atoms with Crippen LogP contribution < -0.4 is 10.2 Å². The standard InChI is InChI=1S/C14H24N6O/c1-5-7-15-14-18-12-11(16-9-17-12)13(19-14)20(6-2)10(3)8-21-4/h9-10H,5-8H2,1-4H3,(H2,15,16,17,18,19). The quantitative estimate of drug-likeness (QED) is 0.775. The van der Waals surface area contributed by atoms with Crippen LogP contribution in [0.3, 0.4) is 0 Å². The van der Waals surface area contributed by atoms with Crippen molar-refractivity contribution in [3.8, 4) is 0 Å². The van der Waals surface area contributed by atoms with E-state index in [1.165, 1.54) is 0 Å². The van der Waals surface area contributed by atoms with E-state index in [-0.39, 0.29) is 6.04 Å². The van der Waals surface area contributed by atoms with E-state index in [1.807, 2.05) is 0 Å². The third-order valence-corrected chi connectivity index (χ3v) is 3.35. The van der Waals surface area contributed by atoms with Gasteiger partial charge in [-0.2, -0.15) is 9.97 Å². The van der Waals surface area contributed by atoms with Crippen molar-refractivity contribution in [1.82, 2.24) is 19.9 Å². The molecule has 2 rings (SSSR count). The minimum Gasteiger partial charge on any atom is -0.383 e. The number of nitrogens with one attached hydrogen (secondary N) is 2. The fourth-order valence-electron chi connectivity index (χ4n) is 2.34. The largest absolute Gasteiger partial charge is 0.383 e. The predicted molar refractivity (Wildman–Crippen MR) is 84.8 cm³/mol. The van der Waals surface area contributed by atoms with Crippen LogP contribution in [0.5, 0.6) is 0 Å². The molecule has 0 fully saturated rings. The van der Waals surface area contributed by atoms with Gasteiger partial charge in [-0.3, -0.25) is 0 Å². The fourth-order valence-corrected chi connectivity index (χ4v) is 2.34. The van der Waals surface area contributed by atoms with Gasteiger partial charge in [0.25, 0.3) is 0 Å². The van der Waals surface area contributed by atoms with Crippen LogP contribution in [0.15, 0.2) is 6.33 Å². The zero-order chi connectivity index (χ0) is 15.2. The maximum Gasteiger partial charge on any atom is 0.226 e. The molecule has 21 heavy (non-hydrogen) atoms. The average molecular weight is 292 g/mol. The normalized spacial score (nSPS) is 12.6. The first kappa shape index (κ1) is 15.5. The van der Waals surface area contributed by atoms with Gasteiger partial charge >= 0.3 is 0 Å². The van der Waals surface area contributed by atoms with Crippen molar-refractivity contribution in [2.24, 2.45) is 0 Å². The summed E-state index contributed by atoms with van der Waals surface area (Å²) >= 11 is 0. The molecule has 2 aromatic rings. The fraction of sp³-hybridized carbons (Fsp3) is 0.643. The molecule has 2 aromatic heterocycles. The number of rotatable bonds is 8. The highest BCUT2D eigenvalue weighted by molar-refractivity contribution is 5.84. The first-order valence-electron chi connectivity index (χ1n) is 7.41. The monoisotopic (exact) mass is 292 g/mol. The number of H-pyrrole nitrogens is 1. The molecule has 0 saturated carbocycles. The number of imidazole rings is 1. The van der Waals surface area contributed by atoms with Gasteiger partial charge in [-0.1, -0.05) is 6.92 Å². The van der Waals surface area contributed by atoms with Crippen molar-refractivity contribution in [3.63, 3.8) is 0 Å². The summed E-state index contributed by atoms with van der Waals surface area (Å²) in [5.74, 6) is 1.48. The summed E-state index contributed by atoms with van der Waals surface area (Å²) < 4.78 is 5.27. The maximum atomic E-state index is 5.27. The van der Waals surface area contributed by atoms with Crippen molar-refractivity contribution in [3.05, 3.63) is 6.33 Å². The molecule has 0 bridgehead atoms. The minimum absolute atomic E-state index is 0.223. The summed E-state index contributed by atoms with van der Waals surface area (Å²) in [5, 5.41) is 3.23. The lowest BCUT2D eigenvalue weighted by atomic mass is 10.3. The molecule has 1 atom stereocenters. The van der Waals surface area contributed by atoms with Gasteiger partial charge in [0.15, 0.2) is 11.5 Å². The van der Waals surface area contributed by atoms with Crippen LogP contribution in [0.2, 0.25) is 0 Å². The number of hydrogen-bond donors (Lipinski definition) is 2. The molecule has 0 radical (unpaired) electrons. The predicted octanol–water partition coefficient (Wildman–Crippen LogP) is 2.04. The summed E-state index contributed by atoms with van der Waals surface area (Å²) in [6.07, 6.45) is 2.68.